The van der Waals surface area contributed by atoms with Crippen LogP contribution in [0.5, 0.6) is 0 Å². The zero-order valence-corrected chi connectivity index (χ0v) is 15.0. The number of halogens is 1. The van der Waals surface area contributed by atoms with E-state index in [0.717, 1.165) is 11.1 Å². The second kappa shape index (κ2) is 8.81. The van der Waals surface area contributed by atoms with Crippen LogP contribution in [0.3, 0.4) is 0 Å². The van der Waals surface area contributed by atoms with E-state index in [-0.39, 0.29) is 30.4 Å². The highest BCUT2D eigenvalue weighted by Crippen LogP contribution is 2.10. The second-order valence-corrected chi connectivity index (χ2v) is 6.05. The molecule has 2 rings (SSSR count). The molecule has 7 nitrogen and oxygen atoms in total. The number of nitrogens with one attached hydrogen (secondary N) is 2. The molecule has 0 atom stereocenters. The molecule has 8 N–H and O–H groups in total. The number of amides is 1. The van der Waals surface area contributed by atoms with Crippen molar-refractivity contribution in [3.63, 3.8) is 0 Å². The monoisotopic (exact) mass is 370 g/mol. The third kappa shape index (κ3) is 5.55. The minimum atomic E-state index is -0.447. The van der Waals surface area contributed by atoms with Gasteiger partial charge in [0.15, 0.2) is 0 Å². The summed E-state index contributed by atoms with van der Waals surface area (Å²) in [5.74, 6) is 5.18. The molecule has 0 spiro atoms. The highest BCUT2D eigenvalue weighted by atomic mass is 19.1. The third-order valence-corrected chi connectivity index (χ3v) is 4.05. The predicted molar refractivity (Wildman–Crippen MR) is 102 cm³/mol. The van der Waals surface area contributed by atoms with E-state index in [1.54, 1.807) is 43.3 Å². The average Bonchev–Trinajstić information content (AvgIpc) is 2.66. The molecule has 0 saturated carbocycles. The smallest absolute Gasteiger partial charge is 0.269 e. The fourth-order valence-corrected chi connectivity index (χ4v) is 2.30. The molecule has 0 fully saturated rings. The largest absolute Gasteiger partial charge is 0.393 e. The van der Waals surface area contributed by atoms with Crippen LogP contribution < -0.4 is 22.6 Å². The molecule has 2 aromatic carbocycles. The summed E-state index contributed by atoms with van der Waals surface area (Å²) in [4.78, 5) is 12.3. The van der Waals surface area contributed by atoms with Crippen LogP contribution in [0.4, 0.5) is 4.39 Å². The van der Waals surface area contributed by atoms with Gasteiger partial charge in [-0.25, -0.2) is 10.2 Å². The van der Waals surface area contributed by atoms with Gasteiger partial charge in [-0.2, -0.15) is 0 Å². The van der Waals surface area contributed by atoms with Crippen LogP contribution in [0, 0.1) is 11.2 Å². The van der Waals surface area contributed by atoms with E-state index >= 15 is 0 Å². The van der Waals surface area contributed by atoms with Crippen LogP contribution in [0.15, 0.2) is 59.9 Å². The van der Waals surface area contributed by atoms with Gasteiger partial charge in [0.25, 0.3) is 5.91 Å². The lowest BCUT2D eigenvalue weighted by atomic mass is 10.1. The summed E-state index contributed by atoms with van der Waals surface area (Å²) in [6.45, 7) is 2.19. The molecular weight excluding hydrogens is 347 g/mol. The lowest BCUT2D eigenvalue weighted by Gasteiger charge is -2.21. The van der Waals surface area contributed by atoms with Gasteiger partial charge in [0.05, 0.1) is 12.2 Å². The summed E-state index contributed by atoms with van der Waals surface area (Å²) in [6, 6.07) is 12.9. The van der Waals surface area contributed by atoms with Crippen molar-refractivity contribution in [2.24, 2.45) is 17.3 Å². The summed E-state index contributed by atoms with van der Waals surface area (Å²) < 4.78 is 13.0. The number of rotatable bonds is 7. The van der Waals surface area contributed by atoms with Crippen LogP contribution in [-0.2, 0) is 17.9 Å². The number of benzene rings is 2. The standard InChI is InChI=1S/C19H23FN6O/c1-12(26(24)11-14-4-8-16(20)9-5-14)17(21)19(27)25-10-13-2-6-15(7-3-13)18(22)23/h2-9H,10-11,21,24H2,1H3,(H3,22,23)(H,25,27)/b17-12-. The van der Waals surface area contributed by atoms with Gasteiger partial charge in [0.1, 0.15) is 17.3 Å². The van der Waals surface area contributed by atoms with Gasteiger partial charge in [-0.1, -0.05) is 36.4 Å². The van der Waals surface area contributed by atoms with E-state index in [1.165, 1.54) is 17.1 Å². The molecule has 0 aliphatic heterocycles. The number of amidine groups is 1. The van der Waals surface area contributed by atoms with Gasteiger partial charge in [-0.15, -0.1) is 0 Å². The first-order chi connectivity index (χ1) is 12.8. The maximum absolute atomic E-state index is 13.0. The number of nitrogens with two attached hydrogens (primary N) is 3. The fourth-order valence-electron chi connectivity index (χ4n) is 2.30. The second-order valence-electron chi connectivity index (χ2n) is 6.05. The number of carbonyl (C=O) groups excluding carboxylic acids is 1. The van der Waals surface area contributed by atoms with Gasteiger partial charge in [-0.05, 0) is 30.2 Å². The molecule has 0 saturated heterocycles. The SMILES string of the molecule is C/C(=C(/N)C(=O)NCc1ccc(C(=N)N)cc1)N(N)Cc1ccc(F)cc1. The van der Waals surface area contributed by atoms with Crippen molar-refractivity contribution in [3.05, 3.63) is 82.4 Å². The number of allylic oxidation sites excluding steroid dienone is 1. The molecule has 0 aliphatic rings. The van der Waals surface area contributed by atoms with Crippen molar-refractivity contribution < 1.29 is 9.18 Å². The first-order valence-corrected chi connectivity index (χ1v) is 8.22. The summed E-state index contributed by atoms with van der Waals surface area (Å²) in [5, 5.41) is 11.4. The predicted octanol–water partition coefficient (Wildman–Crippen LogP) is 1.29. The van der Waals surface area contributed by atoms with E-state index in [2.05, 4.69) is 5.32 Å². The first kappa shape index (κ1) is 19.9. The summed E-state index contributed by atoms with van der Waals surface area (Å²) in [6.07, 6.45) is 0. The molecule has 0 unspecified atom stereocenters. The van der Waals surface area contributed by atoms with E-state index in [0.29, 0.717) is 11.3 Å². The fraction of sp³-hybridized carbons (Fsp3) is 0.158. The molecule has 0 aliphatic carbocycles. The van der Waals surface area contributed by atoms with Crippen LogP contribution in [0.2, 0.25) is 0 Å². The quantitative estimate of drug-likeness (QED) is 0.165. The Morgan fingerprint density at radius 2 is 1.63 bits per heavy atom. The highest BCUT2D eigenvalue weighted by molar-refractivity contribution is 5.95. The summed E-state index contributed by atoms with van der Waals surface area (Å²) in [5.41, 5.74) is 14.0. The van der Waals surface area contributed by atoms with E-state index < -0.39 is 5.91 Å². The lowest BCUT2D eigenvalue weighted by molar-refractivity contribution is -0.117. The molecule has 2 aromatic rings. The van der Waals surface area contributed by atoms with Crippen molar-refractivity contribution in [2.45, 2.75) is 20.0 Å². The molecule has 0 bridgehead atoms. The van der Waals surface area contributed by atoms with Gasteiger partial charge in [-0.3, -0.25) is 10.2 Å². The first-order valence-electron chi connectivity index (χ1n) is 8.22. The van der Waals surface area contributed by atoms with Gasteiger partial charge in [0.2, 0.25) is 0 Å². The number of hydrazine groups is 1. The van der Waals surface area contributed by atoms with Crippen molar-refractivity contribution in [2.75, 3.05) is 0 Å². The summed E-state index contributed by atoms with van der Waals surface area (Å²) >= 11 is 0. The number of hydrogen-bond donors (Lipinski definition) is 5. The zero-order valence-electron chi connectivity index (χ0n) is 15.0. The minimum Gasteiger partial charge on any atom is -0.393 e. The van der Waals surface area contributed by atoms with Crippen LogP contribution >= 0.6 is 0 Å². The molecule has 1 amide bonds. The Balaban J connectivity index is 1.96. The Bertz CT molecular complexity index is 846. The average molecular weight is 370 g/mol. The Labute approximate surface area is 157 Å². The van der Waals surface area contributed by atoms with E-state index in [4.69, 9.17) is 22.7 Å². The Hall–Kier alpha value is -3.39. The van der Waals surface area contributed by atoms with E-state index in [1.807, 2.05) is 0 Å². The molecule has 27 heavy (non-hydrogen) atoms. The highest BCUT2D eigenvalue weighted by Gasteiger charge is 2.13. The molecule has 8 heteroatoms. The number of nitrogen functional groups attached to an aromatic ring is 1. The van der Waals surface area contributed by atoms with Crippen molar-refractivity contribution in [1.29, 1.82) is 5.41 Å². The normalized spacial score (nSPS) is 11.5. The third-order valence-electron chi connectivity index (χ3n) is 4.05. The minimum absolute atomic E-state index is 0.0000298. The summed E-state index contributed by atoms with van der Waals surface area (Å²) in [7, 11) is 0. The molecule has 0 heterocycles. The number of carbonyl (C=O) groups is 1. The van der Waals surface area contributed by atoms with E-state index in [9.17, 15) is 9.18 Å². The van der Waals surface area contributed by atoms with Gasteiger partial charge < -0.3 is 21.8 Å². The Morgan fingerprint density at radius 1 is 1.07 bits per heavy atom. The lowest BCUT2D eigenvalue weighted by Crippen LogP contribution is -2.35. The Morgan fingerprint density at radius 3 is 2.19 bits per heavy atom. The van der Waals surface area contributed by atoms with Crippen molar-refractivity contribution in [3.8, 4) is 0 Å². The van der Waals surface area contributed by atoms with Crippen molar-refractivity contribution in [1.82, 2.24) is 10.3 Å². The van der Waals surface area contributed by atoms with Crippen LogP contribution in [0.25, 0.3) is 0 Å². The number of hydrogen-bond acceptors (Lipinski definition) is 5. The molecule has 0 aromatic heterocycles. The topological polar surface area (TPSA) is 134 Å². The van der Waals surface area contributed by atoms with Crippen LogP contribution in [0.1, 0.15) is 23.6 Å². The maximum atomic E-state index is 13.0. The van der Waals surface area contributed by atoms with Crippen molar-refractivity contribution >= 4 is 11.7 Å². The zero-order chi connectivity index (χ0) is 20.0. The molecule has 142 valence electrons. The molecule has 0 radical (unpaired) electrons. The van der Waals surface area contributed by atoms with Crippen LogP contribution in [-0.4, -0.2) is 16.8 Å². The van der Waals surface area contributed by atoms with Gasteiger partial charge in [0, 0.05) is 12.1 Å². The van der Waals surface area contributed by atoms with Gasteiger partial charge >= 0.3 is 0 Å². The maximum Gasteiger partial charge on any atom is 0.269 e. The Kier molecular flexibility index (Phi) is 6.51. The molecular formula is C19H23FN6O. The number of nitrogens with zero attached hydrogens (tertiary/aromatic N) is 1.